The molecule has 0 amide bonds. The van der Waals surface area contributed by atoms with Gasteiger partial charge < -0.3 is 16.4 Å². The van der Waals surface area contributed by atoms with E-state index in [9.17, 15) is 0 Å². The van der Waals surface area contributed by atoms with Crippen LogP contribution in [0.4, 0.5) is 5.69 Å². The Morgan fingerprint density at radius 2 is 2.19 bits per heavy atom. The first kappa shape index (κ1) is 12.7. The van der Waals surface area contributed by atoms with Crippen LogP contribution in [0.3, 0.4) is 0 Å². The molecule has 3 nitrogen and oxygen atoms in total. The summed E-state index contributed by atoms with van der Waals surface area (Å²) < 4.78 is 0. The second-order valence-electron chi connectivity index (χ2n) is 3.37. The molecule has 0 unspecified atom stereocenters. The smallest absolute Gasteiger partial charge is 0.168 e. The number of nitrogens with two attached hydrogens (primary N) is 1. The largest absolute Gasteiger partial charge is 0.376 e. The third kappa shape index (κ3) is 4.42. The van der Waals surface area contributed by atoms with Crippen molar-refractivity contribution in [2.45, 2.75) is 6.42 Å². The zero-order valence-corrected chi connectivity index (χ0v) is 10.2. The molecule has 4 N–H and O–H groups in total. The van der Waals surface area contributed by atoms with Crippen molar-refractivity contribution < 1.29 is 0 Å². The summed E-state index contributed by atoms with van der Waals surface area (Å²) in [5.41, 5.74) is 7.49. The predicted molar refractivity (Wildman–Crippen MR) is 74.4 cm³/mol. The van der Waals surface area contributed by atoms with E-state index >= 15 is 0 Å². The minimum atomic E-state index is 0.288. The second-order valence-corrected chi connectivity index (χ2v) is 3.81. The molecule has 16 heavy (non-hydrogen) atoms. The van der Waals surface area contributed by atoms with E-state index in [4.69, 9.17) is 18.0 Å². The molecule has 86 valence electrons. The SMILES string of the molecule is CNCCC=Cc1ccccc1NC(N)=S. The summed E-state index contributed by atoms with van der Waals surface area (Å²) in [5, 5.41) is 6.34. The maximum atomic E-state index is 5.46. The summed E-state index contributed by atoms with van der Waals surface area (Å²) in [5.74, 6) is 0. The Morgan fingerprint density at radius 1 is 1.44 bits per heavy atom. The van der Waals surface area contributed by atoms with E-state index in [1.165, 1.54) is 0 Å². The van der Waals surface area contributed by atoms with Crippen molar-refractivity contribution in [3.8, 4) is 0 Å². The van der Waals surface area contributed by atoms with Gasteiger partial charge in [0.05, 0.1) is 0 Å². The van der Waals surface area contributed by atoms with Crippen molar-refractivity contribution in [2.24, 2.45) is 5.73 Å². The lowest BCUT2D eigenvalue weighted by atomic mass is 10.1. The summed E-state index contributed by atoms with van der Waals surface area (Å²) in [4.78, 5) is 0. The van der Waals surface area contributed by atoms with Crippen LogP contribution in [-0.4, -0.2) is 18.7 Å². The highest BCUT2D eigenvalue weighted by Crippen LogP contribution is 2.16. The van der Waals surface area contributed by atoms with E-state index in [-0.39, 0.29) is 5.11 Å². The van der Waals surface area contributed by atoms with Crippen LogP contribution < -0.4 is 16.4 Å². The Balaban J connectivity index is 2.70. The Bertz CT molecular complexity index is 374. The van der Waals surface area contributed by atoms with Gasteiger partial charge in [-0.25, -0.2) is 0 Å². The lowest BCUT2D eigenvalue weighted by molar-refractivity contribution is 0.809. The van der Waals surface area contributed by atoms with Crippen molar-refractivity contribution in [1.82, 2.24) is 5.32 Å². The highest BCUT2D eigenvalue weighted by atomic mass is 32.1. The fraction of sp³-hybridized carbons (Fsp3) is 0.250. The minimum Gasteiger partial charge on any atom is -0.376 e. The normalized spacial score (nSPS) is 10.6. The van der Waals surface area contributed by atoms with Gasteiger partial charge in [-0.05, 0) is 43.9 Å². The third-order valence-electron chi connectivity index (χ3n) is 2.08. The molecule has 0 saturated heterocycles. The molecule has 0 bridgehead atoms. The van der Waals surface area contributed by atoms with Crippen LogP contribution >= 0.6 is 12.2 Å². The van der Waals surface area contributed by atoms with Gasteiger partial charge in [0.25, 0.3) is 0 Å². The van der Waals surface area contributed by atoms with Crippen molar-refractivity contribution in [1.29, 1.82) is 0 Å². The van der Waals surface area contributed by atoms with Crippen LogP contribution in [0.5, 0.6) is 0 Å². The molecule has 0 spiro atoms. The van der Waals surface area contributed by atoms with Gasteiger partial charge in [0, 0.05) is 5.69 Å². The summed E-state index contributed by atoms with van der Waals surface area (Å²) in [6.07, 6.45) is 5.19. The molecule has 0 radical (unpaired) electrons. The maximum Gasteiger partial charge on any atom is 0.168 e. The molecule has 0 aliphatic carbocycles. The van der Waals surface area contributed by atoms with Crippen LogP contribution in [0.25, 0.3) is 6.08 Å². The van der Waals surface area contributed by atoms with Crippen LogP contribution in [0.15, 0.2) is 30.3 Å². The van der Waals surface area contributed by atoms with Crippen LogP contribution in [-0.2, 0) is 0 Å². The third-order valence-corrected chi connectivity index (χ3v) is 2.18. The first-order valence-corrected chi connectivity index (χ1v) is 5.61. The summed E-state index contributed by atoms with van der Waals surface area (Å²) >= 11 is 4.82. The standard InChI is InChI=1S/C12H17N3S/c1-14-9-5-4-7-10-6-2-3-8-11(10)15-12(13)16/h2-4,6-8,14H,5,9H2,1H3,(H3,13,15,16). The molecule has 1 aromatic rings. The van der Waals surface area contributed by atoms with Gasteiger partial charge in [-0.15, -0.1) is 0 Å². The average molecular weight is 235 g/mol. The zero-order chi connectivity index (χ0) is 11.8. The Kier molecular flexibility index (Phi) is 5.53. The van der Waals surface area contributed by atoms with Gasteiger partial charge in [-0.1, -0.05) is 30.4 Å². The molecular weight excluding hydrogens is 218 g/mol. The van der Waals surface area contributed by atoms with Crippen LogP contribution in [0.1, 0.15) is 12.0 Å². The van der Waals surface area contributed by atoms with Gasteiger partial charge in [0.2, 0.25) is 0 Å². The number of para-hydroxylation sites is 1. The molecule has 1 aromatic carbocycles. The van der Waals surface area contributed by atoms with Gasteiger partial charge in [-0.2, -0.15) is 0 Å². The van der Waals surface area contributed by atoms with Gasteiger partial charge in [0.15, 0.2) is 5.11 Å². The minimum absolute atomic E-state index is 0.288. The van der Waals surface area contributed by atoms with E-state index in [1.807, 2.05) is 31.3 Å². The summed E-state index contributed by atoms with van der Waals surface area (Å²) in [6.45, 7) is 0.974. The molecule has 0 heterocycles. The number of hydrogen-bond donors (Lipinski definition) is 3. The fourth-order valence-electron chi connectivity index (χ4n) is 1.33. The fourth-order valence-corrected chi connectivity index (χ4v) is 1.44. The van der Waals surface area contributed by atoms with Crippen molar-refractivity contribution in [2.75, 3.05) is 18.9 Å². The first-order chi connectivity index (χ1) is 7.74. The van der Waals surface area contributed by atoms with Gasteiger partial charge in [0.1, 0.15) is 0 Å². The number of hydrogen-bond acceptors (Lipinski definition) is 2. The van der Waals surface area contributed by atoms with E-state index < -0.39 is 0 Å². The molecule has 0 saturated carbocycles. The van der Waals surface area contributed by atoms with E-state index in [2.05, 4.69) is 22.8 Å². The van der Waals surface area contributed by atoms with Crippen LogP contribution in [0, 0.1) is 0 Å². The van der Waals surface area contributed by atoms with Gasteiger partial charge in [-0.3, -0.25) is 0 Å². The Labute approximate surface area is 102 Å². The first-order valence-electron chi connectivity index (χ1n) is 5.20. The zero-order valence-electron chi connectivity index (χ0n) is 9.36. The second kappa shape index (κ2) is 6.98. The number of anilines is 1. The Hall–Kier alpha value is -1.39. The monoisotopic (exact) mass is 235 g/mol. The number of rotatable bonds is 5. The summed E-state index contributed by atoms with van der Waals surface area (Å²) in [7, 11) is 1.94. The van der Waals surface area contributed by atoms with Crippen molar-refractivity contribution in [3.05, 3.63) is 35.9 Å². The number of thiocarbonyl (C=S) groups is 1. The lowest BCUT2D eigenvalue weighted by Crippen LogP contribution is -2.19. The van der Waals surface area contributed by atoms with E-state index in [0.717, 1.165) is 24.2 Å². The van der Waals surface area contributed by atoms with E-state index in [0.29, 0.717) is 0 Å². The van der Waals surface area contributed by atoms with E-state index in [1.54, 1.807) is 0 Å². The van der Waals surface area contributed by atoms with Crippen molar-refractivity contribution in [3.63, 3.8) is 0 Å². The highest BCUT2D eigenvalue weighted by Gasteiger charge is 1.97. The number of benzene rings is 1. The van der Waals surface area contributed by atoms with Crippen molar-refractivity contribution >= 4 is 29.1 Å². The molecule has 0 aromatic heterocycles. The molecule has 0 aliphatic rings. The van der Waals surface area contributed by atoms with Gasteiger partial charge >= 0.3 is 0 Å². The number of nitrogens with one attached hydrogen (secondary N) is 2. The quantitative estimate of drug-likeness (QED) is 0.539. The predicted octanol–water partition coefficient (Wildman–Crippen LogP) is 1.96. The Morgan fingerprint density at radius 3 is 2.88 bits per heavy atom. The highest BCUT2D eigenvalue weighted by molar-refractivity contribution is 7.80. The molecule has 4 heteroatoms. The molecule has 0 fully saturated rings. The molecular formula is C12H17N3S. The molecule has 0 aliphatic heterocycles. The average Bonchev–Trinajstić information content (AvgIpc) is 2.26. The maximum absolute atomic E-state index is 5.46. The topological polar surface area (TPSA) is 50.1 Å². The lowest BCUT2D eigenvalue weighted by Gasteiger charge is -2.07. The summed E-state index contributed by atoms with van der Waals surface area (Å²) in [6, 6.07) is 7.92. The molecule has 1 rings (SSSR count). The molecule has 0 atom stereocenters. The van der Waals surface area contributed by atoms with Crippen LogP contribution in [0.2, 0.25) is 0 Å².